The lowest BCUT2D eigenvalue weighted by Gasteiger charge is -2.40. The molecular weight excluding hydrogens is 616 g/mol. The van der Waals surface area contributed by atoms with Gasteiger partial charge in [0.2, 0.25) is 5.91 Å². The van der Waals surface area contributed by atoms with E-state index in [1.54, 1.807) is 41.3 Å². The molecule has 0 unspecified atom stereocenters. The van der Waals surface area contributed by atoms with E-state index in [0.29, 0.717) is 58.1 Å². The van der Waals surface area contributed by atoms with Gasteiger partial charge in [-0.05, 0) is 66.8 Å². The molecule has 0 spiro atoms. The Morgan fingerprint density at radius 2 is 1.64 bits per heavy atom. The van der Waals surface area contributed by atoms with Crippen molar-refractivity contribution < 1.29 is 31.9 Å². The molecule has 2 N–H and O–H groups in total. The lowest BCUT2D eigenvalue weighted by atomic mass is 9.72. The van der Waals surface area contributed by atoms with Crippen molar-refractivity contribution >= 4 is 34.8 Å². The lowest BCUT2D eigenvalue weighted by molar-refractivity contribution is -0.136. The zero-order chi connectivity index (χ0) is 31.5. The number of hydrogen-bond acceptors (Lipinski definition) is 4. The largest absolute Gasteiger partial charge is 0.494 e. The highest BCUT2D eigenvalue weighted by Gasteiger charge is 2.42. The fraction of sp³-hybridized carbons (Fsp3) is 0.273. The number of nitrogens with zero attached hydrogens (tertiary/aromatic N) is 1. The van der Waals surface area contributed by atoms with Crippen LogP contribution in [0.5, 0.6) is 5.75 Å². The number of primary amides is 1. The number of rotatable bonds is 9. The molecule has 230 valence electrons. The number of hydrogen-bond donors (Lipinski definition) is 1. The Morgan fingerprint density at radius 3 is 2.25 bits per heavy atom. The van der Waals surface area contributed by atoms with Crippen LogP contribution < -0.4 is 10.5 Å². The molecule has 1 saturated heterocycles. The summed E-state index contributed by atoms with van der Waals surface area (Å²) in [5.74, 6) is -0.718. The number of carbonyl (C=O) groups is 2. The summed E-state index contributed by atoms with van der Waals surface area (Å²) in [6.07, 6.45) is -4.54. The van der Waals surface area contributed by atoms with Gasteiger partial charge in [-0.3, -0.25) is 9.59 Å². The first-order chi connectivity index (χ1) is 21.0. The number of benzene rings is 3. The van der Waals surface area contributed by atoms with E-state index in [-0.39, 0.29) is 24.0 Å². The van der Waals surface area contributed by atoms with E-state index >= 15 is 0 Å². The molecule has 2 heterocycles. The van der Waals surface area contributed by atoms with E-state index in [9.17, 15) is 27.2 Å². The van der Waals surface area contributed by atoms with Crippen molar-refractivity contribution in [3.63, 3.8) is 0 Å². The monoisotopic (exact) mass is 644 g/mol. The van der Waals surface area contributed by atoms with Gasteiger partial charge in [-0.2, -0.15) is 13.2 Å². The summed E-state index contributed by atoms with van der Waals surface area (Å²) < 4.78 is 56.7. The fourth-order valence-corrected chi connectivity index (χ4v) is 6.97. The number of thiophene rings is 1. The van der Waals surface area contributed by atoms with Crippen LogP contribution in [0.15, 0.2) is 78.9 Å². The first kappa shape index (κ1) is 31.5. The highest BCUT2D eigenvalue weighted by molar-refractivity contribution is 7.18. The maximum atomic E-state index is 13.9. The van der Waals surface area contributed by atoms with Gasteiger partial charge < -0.3 is 15.4 Å². The molecule has 11 heteroatoms. The summed E-state index contributed by atoms with van der Waals surface area (Å²) in [7, 11) is 0. The van der Waals surface area contributed by atoms with Gasteiger partial charge in [0.15, 0.2) is 0 Å². The SMILES string of the molecule is NC(=O)C1(c2ccccc2)CCN(C(=O)c2cc(-c3ccc(OCCCC(F)(F)F)cc3)c(-c3ccc(F)cc3Cl)s2)CC1. The molecule has 0 saturated carbocycles. The molecule has 0 radical (unpaired) electrons. The van der Waals surface area contributed by atoms with Gasteiger partial charge in [0.25, 0.3) is 5.91 Å². The summed E-state index contributed by atoms with van der Waals surface area (Å²) >= 11 is 7.66. The van der Waals surface area contributed by atoms with Crippen LogP contribution in [0.25, 0.3) is 21.6 Å². The maximum Gasteiger partial charge on any atom is 0.389 e. The molecule has 1 aliphatic rings. The molecule has 1 fully saturated rings. The number of alkyl halides is 3. The molecular formula is C33H29ClF4N2O3S. The minimum atomic E-state index is -4.24. The van der Waals surface area contributed by atoms with Crippen LogP contribution in [0.4, 0.5) is 17.6 Å². The van der Waals surface area contributed by atoms with Gasteiger partial charge in [0.1, 0.15) is 11.6 Å². The quantitative estimate of drug-likeness (QED) is 0.147. The number of likely N-dealkylation sites (tertiary alicyclic amines) is 1. The van der Waals surface area contributed by atoms with E-state index in [4.69, 9.17) is 22.1 Å². The van der Waals surface area contributed by atoms with E-state index in [2.05, 4.69) is 0 Å². The molecule has 5 rings (SSSR count). The predicted octanol–water partition coefficient (Wildman–Crippen LogP) is 8.26. The Bertz CT molecular complexity index is 1630. The third-order valence-electron chi connectivity index (χ3n) is 7.86. The summed E-state index contributed by atoms with van der Waals surface area (Å²) in [6, 6.07) is 22.0. The van der Waals surface area contributed by atoms with Gasteiger partial charge >= 0.3 is 6.18 Å². The molecule has 0 aliphatic carbocycles. The molecule has 5 nitrogen and oxygen atoms in total. The third kappa shape index (κ3) is 6.92. The van der Waals surface area contributed by atoms with Crippen molar-refractivity contribution in [3.05, 3.63) is 100 Å². The minimum absolute atomic E-state index is 0.0798. The average Bonchev–Trinajstić information content (AvgIpc) is 3.44. The van der Waals surface area contributed by atoms with E-state index in [1.807, 2.05) is 30.3 Å². The number of halogens is 5. The zero-order valence-electron chi connectivity index (χ0n) is 23.5. The van der Waals surface area contributed by atoms with Gasteiger partial charge in [0.05, 0.1) is 21.9 Å². The van der Waals surface area contributed by atoms with Crippen LogP contribution in [0.2, 0.25) is 5.02 Å². The Balaban J connectivity index is 1.40. The second kappa shape index (κ2) is 13.0. The molecule has 44 heavy (non-hydrogen) atoms. The lowest BCUT2D eigenvalue weighted by Crippen LogP contribution is -2.51. The molecule has 0 atom stereocenters. The van der Waals surface area contributed by atoms with E-state index in [0.717, 1.165) is 5.56 Å². The predicted molar refractivity (Wildman–Crippen MR) is 163 cm³/mol. The zero-order valence-corrected chi connectivity index (χ0v) is 25.1. The Kier molecular flexibility index (Phi) is 9.31. The number of piperidine rings is 1. The van der Waals surface area contributed by atoms with Gasteiger partial charge in [0, 0.05) is 35.5 Å². The molecule has 3 aromatic carbocycles. The van der Waals surface area contributed by atoms with Crippen LogP contribution in [0.1, 0.15) is 40.9 Å². The first-order valence-electron chi connectivity index (χ1n) is 14.0. The van der Waals surface area contributed by atoms with Crippen LogP contribution >= 0.6 is 22.9 Å². The Hall–Kier alpha value is -3.89. The molecule has 0 bridgehead atoms. The molecule has 1 aliphatic heterocycles. The van der Waals surface area contributed by atoms with Crippen molar-refractivity contribution in [3.8, 4) is 27.3 Å². The average molecular weight is 645 g/mol. The van der Waals surface area contributed by atoms with Crippen molar-refractivity contribution in [2.75, 3.05) is 19.7 Å². The Labute approximate surface area is 261 Å². The van der Waals surface area contributed by atoms with Gasteiger partial charge in [-0.25, -0.2) is 4.39 Å². The van der Waals surface area contributed by atoms with Crippen molar-refractivity contribution in [1.29, 1.82) is 0 Å². The van der Waals surface area contributed by atoms with Crippen molar-refractivity contribution in [2.45, 2.75) is 37.3 Å². The summed E-state index contributed by atoms with van der Waals surface area (Å²) in [4.78, 5) is 29.2. The number of amides is 2. The van der Waals surface area contributed by atoms with E-state index in [1.165, 1.54) is 23.5 Å². The standard InChI is InChI=1S/C33H29ClF4N2O3S/c34-27-19-23(35)9-12-25(27)29-26(21-7-10-24(11-8-21)43-18-4-13-33(36,37)38)20-28(44-29)30(41)40-16-14-32(15-17-40,31(39)42)22-5-2-1-3-6-22/h1-3,5-12,19-20H,4,13-18H2,(H2,39,42). The summed E-state index contributed by atoms with van der Waals surface area (Å²) in [5, 5.41) is 0.184. The van der Waals surface area contributed by atoms with Crippen molar-refractivity contribution in [1.82, 2.24) is 4.90 Å². The maximum absolute atomic E-state index is 13.9. The van der Waals surface area contributed by atoms with Crippen LogP contribution in [-0.4, -0.2) is 42.6 Å². The molecule has 1 aromatic heterocycles. The molecule has 4 aromatic rings. The van der Waals surface area contributed by atoms with Gasteiger partial charge in [-0.1, -0.05) is 54.1 Å². The molecule has 2 amide bonds. The number of carbonyl (C=O) groups excluding carboxylic acids is 2. The third-order valence-corrected chi connectivity index (χ3v) is 9.33. The normalized spacial score (nSPS) is 14.8. The highest BCUT2D eigenvalue weighted by Crippen LogP contribution is 2.44. The highest BCUT2D eigenvalue weighted by atomic mass is 35.5. The van der Waals surface area contributed by atoms with E-state index < -0.39 is 29.7 Å². The Morgan fingerprint density at radius 1 is 0.955 bits per heavy atom. The van der Waals surface area contributed by atoms with Crippen molar-refractivity contribution in [2.24, 2.45) is 5.73 Å². The first-order valence-corrected chi connectivity index (χ1v) is 15.2. The fourth-order valence-electron chi connectivity index (χ4n) is 5.46. The second-order valence-corrected chi connectivity index (χ2v) is 12.1. The van der Waals surface area contributed by atoms with Crippen LogP contribution in [-0.2, 0) is 10.2 Å². The minimum Gasteiger partial charge on any atom is -0.494 e. The van der Waals surface area contributed by atoms with Crippen LogP contribution in [0, 0.1) is 5.82 Å². The second-order valence-electron chi connectivity index (χ2n) is 10.7. The number of nitrogens with two attached hydrogens (primary N) is 1. The smallest absolute Gasteiger partial charge is 0.389 e. The summed E-state index contributed by atoms with van der Waals surface area (Å²) in [6.45, 7) is 0.581. The summed E-state index contributed by atoms with van der Waals surface area (Å²) in [5.41, 5.74) is 7.80. The number of ether oxygens (including phenoxy) is 1. The topological polar surface area (TPSA) is 72.6 Å². The van der Waals surface area contributed by atoms with Gasteiger partial charge in [-0.15, -0.1) is 11.3 Å². The van der Waals surface area contributed by atoms with Crippen LogP contribution in [0.3, 0.4) is 0 Å².